The highest BCUT2D eigenvalue weighted by Crippen LogP contribution is 2.24. The Morgan fingerprint density at radius 2 is 1.96 bits per heavy atom. The number of carbonyl (C=O) groups excluding carboxylic acids is 1. The van der Waals surface area contributed by atoms with Crippen molar-refractivity contribution >= 4 is 29.1 Å². The van der Waals surface area contributed by atoms with E-state index in [1.807, 2.05) is 36.4 Å². The lowest BCUT2D eigenvalue weighted by Crippen LogP contribution is -2.26. The molecular formula is C19H19N3O2S. The number of benzene rings is 2. The Morgan fingerprint density at radius 3 is 2.76 bits per heavy atom. The molecule has 0 saturated carbocycles. The normalized spacial score (nSPS) is 18.7. The molecule has 1 saturated heterocycles. The summed E-state index contributed by atoms with van der Waals surface area (Å²) in [5, 5.41) is 11.3. The van der Waals surface area contributed by atoms with Crippen LogP contribution in [0.2, 0.25) is 0 Å². The predicted octanol–water partition coefficient (Wildman–Crippen LogP) is 3.17. The number of carbonyl (C=O) groups is 1. The van der Waals surface area contributed by atoms with Gasteiger partial charge in [-0.3, -0.25) is 4.79 Å². The Kier molecular flexibility index (Phi) is 5.50. The minimum Gasteiger partial charge on any atom is -0.496 e. The Morgan fingerprint density at radius 1 is 1.20 bits per heavy atom. The summed E-state index contributed by atoms with van der Waals surface area (Å²) in [5.41, 5.74) is 3.20. The number of hydrogen-bond donors (Lipinski definition) is 1. The van der Waals surface area contributed by atoms with Gasteiger partial charge in [0.2, 0.25) is 5.91 Å². The van der Waals surface area contributed by atoms with Crippen LogP contribution in [0.5, 0.6) is 5.75 Å². The van der Waals surface area contributed by atoms with Crippen molar-refractivity contribution in [2.24, 2.45) is 10.2 Å². The third kappa shape index (κ3) is 4.28. The monoisotopic (exact) mass is 353 g/mol. The van der Waals surface area contributed by atoms with Crippen LogP contribution in [0.1, 0.15) is 16.7 Å². The maximum atomic E-state index is 12.1. The first kappa shape index (κ1) is 17.2. The maximum absolute atomic E-state index is 12.1. The molecule has 1 aliphatic heterocycles. The van der Waals surface area contributed by atoms with Crippen LogP contribution in [0.4, 0.5) is 0 Å². The lowest BCUT2D eigenvalue weighted by molar-refractivity contribution is -0.118. The van der Waals surface area contributed by atoms with Gasteiger partial charge in [0.15, 0.2) is 5.17 Å². The van der Waals surface area contributed by atoms with Crippen molar-refractivity contribution in [2.45, 2.75) is 18.6 Å². The molecule has 1 aliphatic rings. The first-order valence-electron chi connectivity index (χ1n) is 7.93. The van der Waals surface area contributed by atoms with Gasteiger partial charge in [0, 0.05) is 5.56 Å². The van der Waals surface area contributed by atoms with Gasteiger partial charge in [-0.2, -0.15) is 5.10 Å². The topological polar surface area (TPSA) is 63.1 Å². The summed E-state index contributed by atoms with van der Waals surface area (Å²) in [6.45, 7) is 2.05. The Bertz CT molecular complexity index is 833. The molecule has 0 aliphatic carbocycles. The zero-order valence-electron chi connectivity index (χ0n) is 14.1. The number of nitrogens with one attached hydrogen (secondary N) is 1. The fourth-order valence-corrected chi connectivity index (χ4v) is 3.49. The largest absolute Gasteiger partial charge is 0.496 e. The molecule has 0 bridgehead atoms. The Labute approximate surface area is 151 Å². The van der Waals surface area contributed by atoms with Gasteiger partial charge in [-0.25, -0.2) is 0 Å². The van der Waals surface area contributed by atoms with Crippen molar-refractivity contribution in [1.82, 2.24) is 5.32 Å². The lowest BCUT2D eigenvalue weighted by atomic mass is 10.0. The van der Waals surface area contributed by atoms with Crippen LogP contribution < -0.4 is 10.1 Å². The highest BCUT2D eigenvalue weighted by molar-refractivity contribution is 8.15. The molecule has 0 aromatic heterocycles. The van der Waals surface area contributed by atoms with Gasteiger partial charge in [-0.05, 0) is 36.6 Å². The first-order valence-corrected chi connectivity index (χ1v) is 8.81. The molecule has 2 aromatic carbocycles. The summed E-state index contributed by atoms with van der Waals surface area (Å²) in [6, 6.07) is 15.7. The van der Waals surface area contributed by atoms with Crippen molar-refractivity contribution < 1.29 is 9.53 Å². The summed E-state index contributed by atoms with van der Waals surface area (Å²) in [5.74, 6) is 0.700. The molecule has 1 fully saturated rings. The second kappa shape index (κ2) is 7.98. The maximum Gasteiger partial charge on any atom is 0.239 e. The molecule has 0 radical (unpaired) electrons. The van der Waals surface area contributed by atoms with E-state index in [9.17, 15) is 4.79 Å². The Hall–Kier alpha value is -2.60. The molecule has 3 rings (SSSR count). The van der Waals surface area contributed by atoms with E-state index in [0.29, 0.717) is 11.6 Å². The van der Waals surface area contributed by atoms with E-state index in [1.54, 1.807) is 13.3 Å². The van der Waals surface area contributed by atoms with Crippen LogP contribution >= 0.6 is 11.8 Å². The number of ether oxygens (including phenoxy) is 1. The van der Waals surface area contributed by atoms with E-state index in [1.165, 1.54) is 22.9 Å². The van der Waals surface area contributed by atoms with Gasteiger partial charge >= 0.3 is 0 Å². The molecule has 1 N–H and O–H groups in total. The molecule has 5 nitrogen and oxygen atoms in total. The highest BCUT2D eigenvalue weighted by Gasteiger charge is 2.30. The van der Waals surface area contributed by atoms with Gasteiger partial charge in [-0.15, -0.1) is 5.10 Å². The van der Waals surface area contributed by atoms with Crippen molar-refractivity contribution in [1.29, 1.82) is 0 Å². The summed E-state index contributed by atoms with van der Waals surface area (Å²) >= 11 is 1.41. The minimum absolute atomic E-state index is 0.0282. The first-order chi connectivity index (χ1) is 12.2. The van der Waals surface area contributed by atoms with Gasteiger partial charge in [0.1, 0.15) is 5.75 Å². The molecular weight excluding hydrogens is 334 g/mol. The molecule has 25 heavy (non-hydrogen) atoms. The number of hydrogen-bond acceptors (Lipinski definition) is 5. The molecule has 1 unspecified atom stereocenters. The van der Waals surface area contributed by atoms with E-state index in [4.69, 9.17) is 4.74 Å². The molecule has 0 spiro atoms. The van der Waals surface area contributed by atoms with Crippen molar-refractivity contribution in [3.63, 3.8) is 0 Å². The number of para-hydroxylation sites is 1. The third-order valence-corrected chi connectivity index (χ3v) is 5.00. The van der Waals surface area contributed by atoms with Crippen LogP contribution in [0.15, 0.2) is 58.7 Å². The van der Waals surface area contributed by atoms with Crippen molar-refractivity contribution in [2.75, 3.05) is 7.11 Å². The molecule has 2 aromatic rings. The van der Waals surface area contributed by atoms with Crippen LogP contribution in [-0.2, 0) is 11.2 Å². The summed E-state index contributed by atoms with van der Waals surface area (Å²) < 4.78 is 5.26. The number of rotatable bonds is 5. The summed E-state index contributed by atoms with van der Waals surface area (Å²) in [6.07, 6.45) is 2.30. The summed E-state index contributed by atoms with van der Waals surface area (Å²) in [7, 11) is 1.61. The molecule has 128 valence electrons. The number of methoxy groups -OCH3 is 1. The lowest BCUT2D eigenvalue weighted by Gasteiger charge is -2.07. The molecule has 1 amide bonds. The van der Waals surface area contributed by atoms with Crippen molar-refractivity contribution in [3.05, 3.63) is 65.2 Å². The zero-order chi connectivity index (χ0) is 17.6. The number of amides is 1. The van der Waals surface area contributed by atoms with Crippen LogP contribution in [0.25, 0.3) is 0 Å². The van der Waals surface area contributed by atoms with E-state index in [0.717, 1.165) is 11.3 Å². The van der Waals surface area contributed by atoms with Crippen LogP contribution in [-0.4, -0.2) is 29.6 Å². The number of amidine groups is 1. The fourth-order valence-electron chi connectivity index (χ4n) is 2.54. The van der Waals surface area contributed by atoms with E-state index in [-0.39, 0.29) is 11.2 Å². The third-order valence-electron chi connectivity index (χ3n) is 3.93. The van der Waals surface area contributed by atoms with Gasteiger partial charge in [-0.1, -0.05) is 48.2 Å². The van der Waals surface area contributed by atoms with Crippen molar-refractivity contribution in [3.8, 4) is 5.75 Å². The van der Waals surface area contributed by atoms with E-state index < -0.39 is 0 Å². The quantitative estimate of drug-likeness (QED) is 0.663. The van der Waals surface area contributed by atoms with Crippen LogP contribution in [0, 0.1) is 6.92 Å². The zero-order valence-corrected chi connectivity index (χ0v) is 14.9. The second-order valence-electron chi connectivity index (χ2n) is 5.62. The Balaban J connectivity index is 1.67. The predicted molar refractivity (Wildman–Crippen MR) is 102 cm³/mol. The van der Waals surface area contributed by atoms with Gasteiger partial charge < -0.3 is 10.1 Å². The highest BCUT2D eigenvalue weighted by atomic mass is 32.2. The number of aryl methyl sites for hydroxylation is 1. The fraction of sp³-hybridized carbons (Fsp3) is 0.211. The minimum atomic E-state index is -0.179. The number of thioether (sulfide) groups is 1. The second-order valence-corrected chi connectivity index (χ2v) is 6.81. The summed E-state index contributed by atoms with van der Waals surface area (Å²) in [4.78, 5) is 12.1. The molecule has 6 heteroatoms. The van der Waals surface area contributed by atoms with E-state index in [2.05, 4.69) is 34.6 Å². The van der Waals surface area contributed by atoms with Gasteiger partial charge in [0.25, 0.3) is 0 Å². The standard InChI is InChI=1S/C19H19N3O2S/c1-13-7-3-4-8-14(13)11-17-18(23)21-19(25-17)22-20-12-15-9-5-6-10-16(15)24-2/h3-10,12,17H,11H2,1-2H3,(H,21,22,23)/b20-12+. The van der Waals surface area contributed by atoms with E-state index >= 15 is 0 Å². The average Bonchev–Trinajstić information content (AvgIpc) is 2.97. The van der Waals surface area contributed by atoms with Gasteiger partial charge in [0.05, 0.1) is 18.6 Å². The SMILES string of the molecule is COc1ccccc1/C=N/N=C1\NC(=O)C(Cc2ccccc2C)S1. The average molecular weight is 353 g/mol. The van der Waals surface area contributed by atoms with Crippen LogP contribution in [0.3, 0.4) is 0 Å². The molecule has 1 heterocycles. The molecule has 1 atom stereocenters. The number of nitrogens with zero attached hydrogens (tertiary/aromatic N) is 2. The smallest absolute Gasteiger partial charge is 0.239 e.